The molecule has 54 heavy (non-hydrogen) atoms. The van der Waals surface area contributed by atoms with Gasteiger partial charge >= 0.3 is 0 Å². The summed E-state index contributed by atoms with van der Waals surface area (Å²) in [6.07, 6.45) is 0. The van der Waals surface area contributed by atoms with Crippen LogP contribution in [0.4, 0.5) is 34.6 Å². The molecule has 0 amide bonds. The third kappa shape index (κ3) is 12.8. The number of phenolic OH excluding ortho intramolecular Hbond substituents is 1. The Morgan fingerprint density at radius 1 is 0.556 bits per heavy atom. The predicted octanol–water partition coefficient (Wildman–Crippen LogP) is 2.75. The van der Waals surface area contributed by atoms with Crippen LogP contribution in [0.5, 0.6) is 5.75 Å². The molecule has 0 aliphatic carbocycles. The van der Waals surface area contributed by atoms with Gasteiger partial charge in [0.1, 0.15) is 21.2 Å². The minimum Gasteiger partial charge on any atom is -0.505 e. The first kappa shape index (κ1) is 51.1. The molecule has 4 radical (unpaired) electrons. The standard InChI is InChI=1S/C25H18ClN7O13S4.4Na/c26-23-29-24(27-13-1-4-15(5-2-13)47(35,36)37)31-25(30-23)28-14-3-7-17-12(9-14)10-20(50(44,45)46)21(22(17)34)33-32-18-11-16(48(38,39)40)6-8-19(18)49(41,42)43;;;;/h1-11,34H,(H,35,36,37)(H,38,39,40)(H,41,42,43)(H,44,45,46)(H2,27,28,29,30,31);;;;. The van der Waals surface area contributed by atoms with Crippen LogP contribution in [-0.4, -0.2) is 190 Å². The largest absolute Gasteiger partial charge is 0.505 e. The van der Waals surface area contributed by atoms with Crippen molar-refractivity contribution >= 4 is 216 Å². The van der Waals surface area contributed by atoms with E-state index in [2.05, 4.69) is 35.8 Å². The van der Waals surface area contributed by atoms with Crippen molar-refractivity contribution in [1.29, 1.82) is 0 Å². The van der Waals surface area contributed by atoms with Crippen LogP contribution in [0, 0.1) is 0 Å². The van der Waals surface area contributed by atoms with E-state index in [1.807, 2.05) is 0 Å². The van der Waals surface area contributed by atoms with Gasteiger partial charge < -0.3 is 15.7 Å². The number of fused-ring (bicyclic) bond motifs is 1. The molecule has 266 valence electrons. The van der Waals surface area contributed by atoms with Crippen molar-refractivity contribution < 1.29 is 57.0 Å². The number of aromatic hydroxyl groups is 1. The van der Waals surface area contributed by atoms with Gasteiger partial charge in [-0.3, -0.25) is 18.2 Å². The molecule has 0 unspecified atom stereocenters. The van der Waals surface area contributed by atoms with Crippen molar-refractivity contribution in [3.63, 3.8) is 0 Å². The number of benzene rings is 4. The van der Waals surface area contributed by atoms with Crippen molar-refractivity contribution in [3.8, 4) is 5.75 Å². The van der Waals surface area contributed by atoms with Crippen LogP contribution in [-0.2, 0) is 40.5 Å². The van der Waals surface area contributed by atoms with Crippen LogP contribution in [0.25, 0.3) is 10.8 Å². The molecular weight excluding hydrogens is 862 g/mol. The Kier molecular flexibility index (Phi) is 18.6. The third-order valence-corrected chi connectivity index (χ3v) is 10.0. The third-order valence-electron chi connectivity index (χ3n) is 6.37. The number of aromatic nitrogens is 3. The molecule has 20 nitrogen and oxygen atoms in total. The maximum absolute atomic E-state index is 12.3. The number of nitrogens with zero attached hydrogens (tertiary/aromatic N) is 5. The quantitative estimate of drug-likeness (QED) is 0.0602. The van der Waals surface area contributed by atoms with Gasteiger partial charge in [0.25, 0.3) is 40.5 Å². The molecule has 1 heterocycles. The zero-order valence-corrected chi connectivity index (χ0v) is 40.1. The van der Waals surface area contributed by atoms with E-state index >= 15 is 0 Å². The van der Waals surface area contributed by atoms with Crippen LogP contribution in [0.15, 0.2) is 96.5 Å². The molecule has 29 heteroatoms. The number of nitrogens with one attached hydrogen (secondary N) is 2. The molecule has 1 aromatic heterocycles. The molecule has 0 aliphatic heterocycles. The molecular formula is C25H18ClN7Na4O13S4. The van der Waals surface area contributed by atoms with E-state index in [0.717, 1.165) is 18.2 Å². The van der Waals surface area contributed by atoms with E-state index < -0.39 is 72.3 Å². The molecule has 0 aliphatic rings. The SMILES string of the molecule is O=S(=O)(O)c1ccc(Nc2nc(Cl)nc(Nc3ccc4c(O)c(N=Nc5cc(S(=O)(=O)O)ccc5S(=O)(=O)O)c(S(=O)(=O)O)cc4c3)n2)cc1.[Na].[Na].[Na].[Na]. The van der Waals surface area contributed by atoms with Gasteiger partial charge in [-0.25, -0.2) is 0 Å². The van der Waals surface area contributed by atoms with E-state index in [-0.39, 0.29) is 157 Å². The molecule has 7 N–H and O–H groups in total. The van der Waals surface area contributed by atoms with Gasteiger partial charge in [0.15, 0.2) is 5.75 Å². The molecule has 0 fully saturated rings. The van der Waals surface area contributed by atoms with Gasteiger partial charge in [0.2, 0.25) is 17.2 Å². The zero-order valence-electron chi connectivity index (χ0n) is 28.1. The monoisotopic (exact) mass is 879 g/mol. The van der Waals surface area contributed by atoms with Crippen LogP contribution < -0.4 is 10.6 Å². The van der Waals surface area contributed by atoms with Gasteiger partial charge in [-0.05, 0) is 83.7 Å². The number of rotatable bonds is 10. The van der Waals surface area contributed by atoms with Gasteiger partial charge in [-0.2, -0.15) is 48.6 Å². The van der Waals surface area contributed by atoms with Gasteiger partial charge in [0.05, 0.1) is 9.79 Å². The minimum atomic E-state index is -5.19. The second-order valence-corrected chi connectivity index (χ2v) is 15.7. The van der Waals surface area contributed by atoms with E-state index in [0.29, 0.717) is 23.9 Å². The van der Waals surface area contributed by atoms with Crippen LogP contribution in [0.3, 0.4) is 0 Å². The second kappa shape index (κ2) is 19.7. The molecule has 0 saturated heterocycles. The van der Waals surface area contributed by atoms with Crippen molar-refractivity contribution in [3.05, 3.63) is 72.0 Å². The molecule has 4 aromatic carbocycles. The van der Waals surface area contributed by atoms with E-state index in [9.17, 15) is 52.4 Å². The van der Waals surface area contributed by atoms with E-state index in [1.54, 1.807) is 0 Å². The van der Waals surface area contributed by atoms with Crippen molar-refractivity contribution in [2.24, 2.45) is 10.2 Å². The van der Waals surface area contributed by atoms with Crippen molar-refractivity contribution in [2.75, 3.05) is 10.6 Å². The van der Waals surface area contributed by atoms with Crippen LogP contribution >= 0.6 is 11.6 Å². The topological polar surface area (TPSA) is 325 Å². The summed E-state index contributed by atoms with van der Waals surface area (Å²) in [7, 11) is -19.6. The number of anilines is 4. The van der Waals surface area contributed by atoms with E-state index in [1.165, 1.54) is 30.3 Å². The fourth-order valence-electron chi connectivity index (χ4n) is 4.21. The summed E-state index contributed by atoms with van der Waals surface area (Å²) in [5, 5.41) is 23.1. The maximum atomic E-state index is 12.3. The Balaban J connectivity index is 0.00000364. The Morgan fingerprint density at radius 2 is 1.06 bits per heavy atom. The zero-order chi connectivity index (χ0) is 36.8. The first-order chi connectivity index (χ1) is 23.1. The summed E-state index contributed by atoms with van der Waals surface area (Å²) in [5.41, 5.74) is -1.32. The molecule has 0 bridgehead atoms. The maximum Gasteiger partial charge on any atom is 0.296 e. The van der Waals surface area contributed by atoms with Crippen LogP contribution in [0.2, 0.25) is 5.28 Å². The molecule has 0 saturated carbocycles. The smallest absolute Gasteiger partial charge is 0.296 e. The fraction of sp³-hybridized carbons (Fsp3) is 0. The second-order valence-electron chi connectivity index (χ2n) is 9.76. The average molecular weight is 880 g/mol. The van der Waals surface area contributed by atoms with Crippen molar-refractivity contribution in [2.45, 2.75) is 19.6 Å². The number of azo groups is 1. The molecule has 0 spiro atoms. The number of hydrogen-bond acceptors (Lipinski definition) is 16. The first-order valence-corrected chi connectivity index (χ1v) is 19.0. The fourth-order valence-corrected chi connectivity index (χ4v) is 6.61. The number of phenols is 1. The Hall–Kier alpha value is -0.920. The van der Waals surface area contributed by atoms with Gasteiger partial charge in [-0.1, -0.05) is 0 Å². The first-order valence-electron chi connectivity index (χ1n) is 12.9. The summed E-state index contributed by atoms with van der Waals surface area (Å²) in [6.45, 7) is 0. The Labute approximate surface area is 400 Å². The summed E-state index contributed by atoms with van der Waals surface area (Å²) < 4.78 is 132. The van der Waals surface area contributed by atoms with Crippen LogP contribution in [0.1, 0.15) is 0 Å². The average Bonchev–Trinajstić information content (AvgIpc) is 2.98. The molecule has 0 atom stereocenters. The summed E-state index contributed by atoms with van der Waals surface area (Å²) in [5.74, 6) is -1.14. The molecule has 5 aromatic rings. The van der Waals surface area contributed by atoms with Gasteiger partial charge in [-0.15, -0.1) is 10.2 Å². The number of halogens is 1. The minimum absolute atomic E-state index is 0. The number of hydrogen-bond donors (Lipinski definition) is 7. The summed E-state index contributed by atoms with van der Waals surface area (Å²) >= 11 is 6.02. The Bertz CT molecular complexity index is 2700. The van der Waals surface area contributed by atoms with Crippen molar-refractivity contribution in [1.82, 2.24) is 15.0 Å². The summed E-state index contributed by atoms with van der Waals surface area (Å²) in [4.78, 5) is 8.74. The molecule has 5 rings (SSSR count). The van der Waals surface area contributed by atoms with E-state index in [4.69, 9.17) is 16.2 Å². The normalized spacial score (nSPS) is 11.8. The predicted molar refractivity (Wildman–Crippen MR) is 196 cm³/mol. The van der Waals surface area contributed by atoms with Gasteiger partial charge in [0, 0.05) is 135 Å². The Morgan fingerprint density at radius 3 is 1.57 bits per heavy atom. The summed E-state index contributed by atoms with van der Waals surface area (Å²) in [6, 6.07) is 11.4.